The number of hydrogen-bond donors (Lipinski definition) is 0. The van der Waals surface area contributed by atoms with Gasteiger partial charge in [-0.25, -0.2) is 9.97 Å². The normalized spacial score (nSPS) is 15.6. The first-order valence-electron chi connectivity index (χ1n) is 7.78. The highest BCUT2D eigenvalue weighted by Crippen LogP contribution is 2.38. The minimum Gasteiger partial charge on any atom is -0.454 e. The van der Waals surface area contributed by atoms with Gasteiger partial charge in [-0.05, 0) is 49.8 Å². The van der Waals surface area contributed by atoms with Gasteiger partial charge < -0.3 is 9.47 Å². The number of thioether (sulfide) groups is 1. The van der Waals surface area contributed by atoms with Gasteiger partial charge in [-0.1, -0.05) is 23.4 Å². The molecule has 0 bridgehead atoms. The van der Waals surface area contributed by atoms with Crippen molar-refractivity contribution >= 4 is 23.4 Å². The fourth-order valence-corrected chi connectivity index (χ4v) is 4.23. The van der Waals surface area contributed by atoms with Crippen LogP contribution in [0.15, 0.2) is 17.3 Å². The third-order valence-corrected chi connectivity index (χ3v) is 5.52. The summed E-state index contributed by atoms with van der Waals surface area (Å²) >= 11 is 7.95. The van der Waals surface area contributed by atoms with Gasteiger partial charge in [0.05, 0.1) is 0 Å². The number of fused-ring (bicyclic) bond motifs is 2. The Hall–Kier alpha value is -1.46. The summed E-state index contributed by atoms with van der Waals surface area (Å²) < 4.78 is 10.8. The molecular weight excluding hydrogens is 332 g/mol. The molecule has 1 aromatic carbocycles. The summed E-state index contributed by atoms with van der Waals surface area (Å²) in [6.07, 6.45) is 4.65. The van der Waals surface area contributed by atoms with Crippen molar-refractivity contribution in [2.75, 3.05) is 6.79 Å². The van der Waals surface area contributed by atoms with Gasteiger partial charge >= 0.3 is 0 Å². The van der Waals surface area contributed by atoms with Crippen molar-refractivity contribution in [3.63, 3.8) is 0 Å². The maximum atomic E-state index is 6.33. The van der Waals surface area contributed by atoms with Crippen LogP contribution >= 0.6 is 23.4 Å². The molecular formula is C17H17ClN2O2S. The molecule has 120 valence electrons. The number of aryl methyl sites for hydroxylation is 2. The van der Waals surface area contributed by atoms with Crippen LogP contribution in [0, 0.1) is 6.92 Å². The molecule has 23 heavy (non-hydrogen) atoms. The molecule has 0 N–H and O–H groups in total. The molecule has 4 rings (SSSR count). The first kappa shape index (κ1) is 15.1. The minimum absolute atomic E-state index is 0.259. The Bertz CT molecular complexity index is 767. The van der Waals surface area contributed by atoms with Gasteiger partial charge in [0.2, 0.25) is 6.79 Å². The van der Waals surface area contributed by atoms with Crippen LogP contribution in [0.4, 0.5) is 0 Å². The lowest BCUT2D eigenvalue weighted by molar-refractivity contribution is 0.174. The summed E-state index contributed by atoms with van der Waals surface area (Å²) in [4.78, 5) is 9.40. The van der Waals surface area contributed by atoms with E-state index < -0.39 is 0 Å². The van der Waals surface area contributed by atoms with Gasteiger partial charge in [-0.15, -0.1) is 0 Å². The molecule has 4 nitrogen and oxygen atoms in total. The summed E-state index contributed by atoms with van der Waals surface area (Å²) in [5.74, 6) is 2.19. The first-order chi connectivity index (χ1) is 11.2. The number of rotatable bonds is 3. The molecule has 0 spiro atoms. The first-order valence-corrected chi connectivity index (χ1v) is 9.14. The molecule has 2 aromatic rings. The van der Waals surface area contributed by atoms with Crippen LogP contribution in [-0.2, 0) is 18.6 Å². The van der Waals surface area contributed by atoms with Gasteiger partial charge in [0, 0.05) is 28.2 Å². The molecule has 1 aromatic heterocycles. The zero-order valence-electron chi connectivity index (χ0n) is 12.9. The highest BCUT2D eigenvalue weighted by Gasteiger charge is 2.18. The summed E-state index contributed by atoms with van der Waals surface area (Å²) in [5, 5.41) is 1.52. The lowest BCUT2D eigenvalue weighted by atomic mass is 9.95. The highest BCUT2D eigenvalue weighted by molar-refractivity contribution is 7.98. The zero-order chi connectivity index (χ0) is 15.8. The number of nitrogens with zero attached hydrogens (tertiary/aromatic N) is 2. The van der Waals surface area contributed by atoms with Gasteiger partial charge in [0.15, 0.2) is 16.7 Å². The maximum absolute atomic E-state index is 6.33. The molecule has 0 amide bonds. The van der Waals surface area contributed by atoms with E-state index in [1.165, 1.54) is 24.1 Å². The Balaban J connectivity index is 1.54. The summed E-state index contributed by atoms with van der Waals surface area (Å²) in [5.41, 5.74) is 4.71. The molecule has 0 unspecified atom stereocenters. The summed E-state index contributed by atoms with van der Waals surface area (Å²) in [6, 6.07) is 3.77. The van der Waals surface area contributed by atoms with Crippen molar-refractivity contribution in [1.29, 1.82) is 0 Å². The highest BCUT2D eigenvalue weighted by atomic mass is 35.5. The molecule has 6 heteroatoms. The van der Waals surface area contributed by atoms with Crippen LogP contribution in [0.2, 0.25) is 5.02 Å². The molecule has 1 aliphatic carbocycles. The van der Waals surface area contributed by atoms with E-state index in [-0.39, 0.29) is 6.79 Å². The van der Waals surface area contributed by atoms with Crippen LogP contribution < -0.4 is 9.47 Å². The van der Waals surface area contributed by atoms with Gasteiger partial charge in [0.25, 0.3) is 0 Å². The van der Waals surface area contributed by atoms with Gasteiger partial charge in [-0.3, -0.25) is 0 Å². The average Bonchev–Trinajstić information content (AvgIpc) is 3.00. The van der Waals surface area contributed by atoms with E-state index >= 15 is 0 Å². The predicted molar refractivity (Wildman–Crippen MR) is 90.5 cm³/mol. The summed E-state index contributed by atoms with van der Waals surface area (Å²) in [7, 11) is 0. The topological polar surface area (TPSA) is 44.2 Å². The Morgan fingerprint density at radius 2 is 1.91 bits per heavy atom. The van der Waals surface area contributed by atoms with Crippen molar-refractivity contribution in [3.05, 3.63) is 39.7 Å². The Morgan fingerprint density at radius 1 is 1.13 bits per heavy atom. The fourth-order valence-electron chi connectivity index (χ4n) is 3.03. The lowest BCUT2D eigenvalue weighted by Crippen LogP contribution is -2.10. The van der Waals surface area contributed by atoms with Crippen molar-refractivity contribution in [2.24, 2.45) is 0 Å². The molecule has 2 heterocycles. The molecule has 0 saturated heterocycles. The van der Waals surface area contributed by atoms with Crippen molar-refractivity contribution in [1.82, 2.24) is 9.97 Å². The van der Waals surface area contributed by atoms with Crippen LogP contribution in [0.25, 0.3) is 0 Å². The number of benzene rings is 1. The van der Waals surface area contributed by atoms with Crippen molar-refractivity contribution < 1.29 is 9.47 Å². The van der Waals surface area contributed by atoms with E-state index in [0.717, 1.165) is 35.0 Å². The van der Waals surface area contributed by atoms with Crippen LogP contribution in [0.5, 0.6) is 11.5 Å². The number of hydrogen-bond acceptors (Lipinski definition) is 5. The van der Waals surface area contributed by atoms with Crippen LogP contribution in [0.3, 0.4) is 0 Å². The molecule has 0 fully saturated rings. The monoisotopic (exact) mass is 348 g/mol. The number of ether oxygens (including phenoxy) is 2. The smallest absolute Gasteiger partial charge is 0.231 e. The van der Waals surface area contributed by atoms with Crippen LogP contribution in [-0.4, -0.2) is 16.8 Å². The average molecular weight is 349 g/mol. The second-order valence-electron chi connectivity index (χ2n) is 5.81. The SMILES string of the molecule is Cc1nc(SCc2cc3c(cc2Cl)OCO3)nc2c1CCCC2. The van der Waals surface area contributed by atoms with E-state index in [4.69, 9.17) is 26.1 Å². The van der Waals surface area contributed by atoms with E-state index in [1.807, 2.05) is 12.1 Å². The zero-order valence-corrected chi connectivity index (χ0v) is 14.5. The van der Waals surface area contributed by atoms with E-state index in [2.05, 4.69) is 11.9 Å². The van der Waals surface area contributed by atoms with E-state index in [9.17, 15) is 0 Å². The van der Waals surface area contributed by atoms with Gasteiger partial charge in [-0.2, -0.15) is 0 Å². The minimum atomic E-state index is 0.259. The number of aromatic nitrogens is 2. The van der Waals surface area contributed by atoms with Crippen LogP contribution in [0.1, 0.15) is 35.4 Å². The largest absolute Gasteiger partial charge is 0.454 e. The van der Waals surface area contributed by atoms with E-state index in [1.54, 1.807) is 11.8 Å². The summed E-state index contributed by atoms with van der Waals surface area (Å²) in [6.45, 7) is 2.35. The Morgan fingerprint density at radius 3 is 2.78 bits per heavy atom. The maximum Gasteiger partial charge on any atom is 0.231 e. The second-order valence-corrected chi connectivity index (χ2v) is 7.16. The standard InChI is InChI=1S/C17H17ClN2O2S/c1-10-12-4-2-3-5-14(12)20-17(19-10)23-8-11-6-15-16(7-13(11)18)22-9-21-15/h6-7H,2-5,8-9H2,1H3. The molecule has 0 saturated carbocycles. The van der Waals surface area contributed by atoms with Crippen molar-refractivity contribution in [3.8, 4) is 11.5 Å². The third-order valence-electron chi connectivity index (χ3n) is 4.27. The Kier molecular flexibility index (Phi) is 4.07. The van der Waals surface area contributed by atoms with E-state index in [0.29, 0.717) is 16.5 Å². The lowest BCUT2D eigenvalue weighted by Gasteiger charge is -2.17. The Labute approximate surface area is 144 Å². The second kappa shape index (κ2) is 6.21. The fraction of sp³-hybridized carbons (Fsp3) is 0.412. The molecule has 0 radical (unpaired) electrons. The number of halogens is 1. The quantitative estimate of drug-likeness (QED) is 0.610. The van der Waals surface area contributed by atoms with Gasteiger partial charge in [0.1, 0.15) is 0 Å². The molecule has 0 atom stereocenters. The third kappa shape index (κ3) is 3.00. The molecule has 1 aliphatic heterocycles. The van der Waals surface area contributed by atoms with Crippen molar-refractivity contribution in [2.45, 2.75) is 43.5 Å². The molecule has 2 aliphatic rings. The predicted octanol–water partition coefficient (Wildman–Crippen LogP) is 4.34.